The number of benzene rings is 1. The van der Waals surface area contributed by atoms with Gasteiger partial charge in [0.2, 0.25) is 5.91 Å². The molecule has 5 nitrogen and oxygen atoms in total. The third kappa shape index (κ3) is 2.20. The number of halogens is 1. The van der Waals surface area contributed by atoms with Crippen molar-refractivity contribution >= 4 is 23.3 Å². The van der Waals surface area contributed by atoms with E-state index in [2.05, 4.69) is 15.3 Å². The predicted octanol–water partition coefficient (Wildman–Crippen LogP) is 2.21. The van der Waals surface area contributed by atoms with Gasteiger partial charge in [0.05, 0.1) is 5.56 Å². The van der Waals surface area contributed by atoms with Crippen LogP contribution in [-0.4, -0.2) is 15.9 Å². The van der Waals surface area contributed by atoms with Gasteiger partial charge in [-0.15, -0.1) is 0 Å². The zero-order valence-electron chi connectivity index (χ0n) is 10.7. The average Bonchev–Trinajstić information content (AvgIpc) is 2.37. The Morgan fingerprint density at radius 1 is 1.25 bits per heavy atom. The molecular weight excluding hydrogens is 278 g/mol. The SMILES string of the molecule is Cc1nc2c(c(=O)[nH]1)[C@H](c1ccc(Cl)cc1)CC(=O)N2. The molecule has 2 N–H and O–H groups in total. The van der Waals surface area contributed by atoms with Gasteiger partial charge in [-0.25, -0.2) is 4.98 Å². The van der Waals surface area contributed by atoms with Crippen molar-refractivity contribution in [2.24, 2.45) is 0 Å². The van der Waals surface area contributed by atoms with Crippen molar-refractivity contribution in [3.8, 4) is 0 Å². The van der Waals surface area contributed by atoms with Gasteiger partial charge in [-0.2, -0.15) is 0 Å². The Bertz CT molecular complexity index is 737. The molecule has 1 aliphatic heterocycles. The molecular formula is C14H12ClN3O2. The van der Waals surface area contributed by atoms with Crippen LogP contribution in [0.1, 0.15) is 29.3 Å². The number of aromatic nitrogens is 2. The lowest BCUT2D eigenvalue weighted by Crippen LogP contribution is -2.31. The van der Waals surface area contributed by atoms with E-state index in [9.17, 15) is 9.59 Å². The zero-order valence-corrected chi connectivity index (χ0v) is 11.5. The topological polar surface area (TPSA) is 74.8 Å². The zero-order chi connectivity index (χ0) is 14.3. The van der Waals surface area contributed by atoms with E-state index in [0.717, 1.165) is 5.56 Å². The van der Waals surface area contributed by atoms with E-state index in [1.165, 1.54) is 0 Å². The number of H-pyrrole nitrogens is 1. The number of rotatable bonds is 1. The summed E-state index contributed by atoms with van der Waals surface area (Å²) in [5.41, 5.74) is 1.16. The molecule has 6 heteroatoms. The molecule has 2 aromatic rings. The Morgan fingerprint density at radius 3 is 2.65 bits per heavy atom. The molecule has 0 saturated carbocycles. The second-order valence-corrected chi connectivity index (χ2v) is 5.21. The van der Waals surface area contributed by atoms with E-state index in [1.807, 2.05) is 12.1 Å². The minimum absolute atomic E-state index is 0.144. The maximum Gasteiger partial charge on any atom is 0.256 e. The Balaban J connectivity index is 2.17. The Morgan fingerprint density at radius 2 is 1.95 bits per heavy atom. The van der Waals surface area contributed by atoms with Gasteiger partial charge in [0.25, 0.3) is 5.56 Å². The van der Waals surface area contributed by atoms with Crippen LogP contribution in [0.25, 0.3) is 0 Å². The molecule has 3 rings (SSSR count). The summed E-state index contributed by atoms with van der Waals surface area (Å²) in [5, 5.41) is 3.27. The third-order valence-electron chi connectivity index (χ3n) is 3.34. The molecule has 102 valence electrons. The molecule has 0 fully saturated rings. The first-order valence-electron chi connectivity index (χ1n) is 6.20. The lowest BCUT2D eigenvalue weighted by Gasteiger charge is -2.24. The van der Waals surface area contributed by atoms with Crippen molar-refractivity contribution in [1.82, 2.24) is 9.97 Å². The number of fused-ring (bicyclic) bond motifs is 1. The molecule has 0 unspecified atom stereocenters. The summed E-state index contributed by atoms with van der Waals surface area (Å²) in [7, 11) is 0. The highest BCUT2D eigenvalue weighted by molar-refractivity contribution is 6.30. The summed E-state index contributed by atoms with van der Waals surface area (Å²) in [6.07, 6.45) is 0.225. The van der Waals surface area contributed by atoms with Gasteiger partial charge < -0.3 is 10.3 Å². The standard InChI is InChI=1S/C14H12ClN3O2/c1-7-16-13-12(14(20)17-7)10(6-11(19)18-13)8-2-4-9(15)5-3-8/h2-5,10H,6H2,1H3,(H2,16,17,18,19,20)/t10-/m0/s1. The second kappa shape index (κ2) is 4.76. The summed E-state index contributed by atoms with van der Waals surface area (Å²) < 4.78 is 0. The number of nitrogens with one attached hydrogen (secondary N) is 2. The summed E-state index contributed by atoms with van der Waals surface area (Å²) in [4.78, 5) is 30.9. The van der Waals surface area contributed by atoms with Gasteiger partial charge in [0, 0.05) is 17.4 Å². The number of hydrogen-bond acceptors (Lipinski definition) is 3. The monoisotopic (exact) mass is 289 g/mol. The summed E-state index contributed by atoms with van der Waals surface area (Å²) in [6, 6.07) is 7.15. The fraction of sp³-hybridized carbons (Fsp3) is 0.214. The molecule has 0 aliphatic carbocycles. The average molecular weight is 290 g/mol. The van der Waals surface area contributed by atoms with E-state index < -0.39 is 0 Å². The van der Waals surface area contributed by atoms with Crippen molar-refractivity contribution in [3.63, 3.8) is 0 Å². The fourth-order valence-electron chi connectivity index (χ4n) is 2.46. The molecule has 1 amide bonds. The molecule has 1 aromatic heterocycles. The first kappa shape index (κ1) is 12.9. The summed E-state index contributed by atoms with van der Waals surface area (Å²) in [6.45, 7) is 1.68. The summed E-state index contributed by atoms with van der Waals surface area (Å²) >= 11 is 5.87. The first-order valence-corrected chi connectivity index (χ1v) is 6.58. The van der Waals surface area contributed by atoms with Crippen molar-refractivity contribution < 1.29 is 4.79 Å². The van der Waals surface area contributed by atoms with E-state index in [1.54, 1.807) is 19.1 Å². The molecule has 2 heterocycles. The van der Waals surface area contributed by atoms with Gasteiger partial charge in [0.1, 0.15) is 11.6 Å². The maximum absolute atomic E-state index is 12.2. The van der Waals surface area contributed by atoms with Crippen LogP contribution in [0, 0.1) is 6.92 Å². The molecule has 20 heavy (non-hydrogen) atoms. The highest BCUT2D eigenvalue weighted by atomic mass is 35.5. The number of carbonyl (C=O) groups excluding carboxylic acids is 1. The number of amides is 1. The Hall–Kier alpha value is -2.14. The molecule has 1 atom stereocenters. The smallest absolute Gasteiger partial charge is 0.256 e. The minimum Gasteiger partial charge on any atom is -0.310 e. The molecule has 0 radical (unpaired) electrons. The van der Waals surface area contributed by atoms with Gasteiger partial charge in [0.15, 0.2) is 0 Å². The van der Waals surface area contributed by atoms with Crippen molar-refractivity contribution in [3.05, 3.63) is 56.6 Å². The largest absolute Gasteiger partial charge is 0.310 e. The van der Waals surface area contributed by atoms with Crippen molar-refractivity contribution in [2.75, 3.05) is 5.32 Å². The number of nitrogens with zero attached hydrogens (tertiary/aromatic N) is 1. The highest BCUT2D eigenvalue weighted by Gasteiger charge is 2.30. The Labute approximate surface area is 120 Å². The lowest BCUT2D eigenvalue weighted by molar-refractivity contribution is -0.116. The minimum atomic E-state index is -0.298. The number of aryl methyl sites for hydroxylation is 1. The van der Waals surface area contributed by atoms with Crippen LogP contribution in [0.3, 0.4) is 0 Å². The first-order chi connectivity index (χ1) is 9.54. The lowest BCUT2D eigenvalue weighted by atomic mass is 9.87. The van der Waals surface area contributed by atoms with Crippen LogP contribution < -0.4 is 10.9 Å². The normalized spacial score (nSPS) is 17.5. The summed E-state index contributed by atoms with van der Waals surface area (Å²) in [5.74, 6) is 0.385. The van der Waals surface area contributed by atoms with Crippen LogP contribution in [-0.2, 0) is 4.79 Å². The van der Waals surface area contributed by atoms with E-state index in [-0.39, 0.29) is 23.8 Å². The van der Waals surface area contributed by atoms with E-state index >= 15 is 0 Å². The van der Waals surface area contributed by atoms with Crippen LogP contribution >= 0.6 is 11.6 Å². The van der Waals surface area contributed by atoms with Crippen LogP contribution in [0.4, 0.5) is 5.82 Å². The van der Waals surface area contributed by atoms with Crippen LogP contribution in [0.5, 0.6) is 0 Å². The number of anilines is 1. The fourth-order valence-corrected chi connectivity index (χ4v) is 2.59. The van der Waals surface area contributed by atoms with Gasteiger partial charge in [-0.3, -0.25) is 9.59 Å². The van der Waals surface area contributed by atoms with Gasteiger partial charge in [-0.05, 0) is 24.6 Å². The van der Waals surface area contributed by atoms with Gasteiger partial charge in [-0.1, -0.05) is 23.7 Å². The molecule has 0 bridgehead atoms. The van der Waals surface area contributed by atoms with Crippen molar-refractivity contribution in [2.45, 2.75) is 19.3 Å². The molecule has 0 spiro atoms. The van der Waals surface area contributed by atoms with Crippen LogP contribution in [0.2, 0.25) is 5.02 Å². The number of aromatic amines is 1. The molecule has 0 saturated heterocycles. The van der Waals surface area contributed by atoms with E-state index in [4.69, 9.17) is 11.6 Å². The second-order valence-electron chi connectivity index (χ2n) is 4.77. The highest BCUT2D eigenvalue weighted by Crippen LogP contribution is 2.33. The molecule has 1 aromatic carbocycles. The number of hydrogen-bond donors (Lipinski definition) is 2. The Kier molecular flexibility index (Phi) is 3.06. The van der Waals surface area contributed by atoms with Gasteiger partial charge >= 0.3 is 0 Å². The quantitative estimate of drug-likeness (QED) is 0.845. The van der Waals surface area contributed by atoms with Crippen LogP contribution in [0.15, 0.2) is 29.1 Å². The molecule has 1 aliphatic rings. The van der Waals surface area contributed by atoms with Crippen molar-refractivity contribution in [1.29, 1.82) is 0 Å². The maximum atomic E-state index is 12.2. The number of carbonyl (C=O) groups is 1. The van der Waals surface area contributed by atoms with E-state index in [0.29, 0.717) is 22.2 Å². The predicted molar refractivity (Wildman–Crippen MR) is 76.1 cm³/mol. The third-order valence-corrected chi connectivity index (χ3v) is 3.59.